The van der Waals surface area contributed by atoms with Crippen LogP contribution in [0.15, 0.2) is 35.3 Å². The minimum Gasteiger partial charge on any atom is -0.267 e. The number of rotatable bonds is 9. The van der Waals surface area contributed by atoms with Crippen molar-refractivity contribution >= 4 is 23.4 Å². The summed E-state index contributed by atoms with van der Waals surface area (Å²) >= 11 is 4.22. The Morgan fingerprint density at radius 2 is 1.62 bits per heavy atom. The van der Waals surface area contributed by atoms with Gasteiger partial charge in [-0.25, -0.2) is 4.68 Å². The average molecular weight is 304 g/mol. The smallest absolute Gasteiger partial charge is 0.267 e. The van der Waals surface area contributed by atoms with Crippen LogP contribution in [-0.2, 0) is 6.54 Å². The highest BCUT2D eigenvalue weighted by atomic mass is 32.1. The van der Waals surface area contributed by atoms with E-state index >= 15 is 0 Å². The molecule has 1 heterocycles. The molecule has 1 aromatic carbocycles. The standard InChI is InChI=1S/C17H24N2OS/c20-17-16-11-7-6-10-15(16)14-18-19(17)12-8-4-2-1-3-5-9-13-21/h6-7,10-11,14,21H,1-5,8-9,12-13H2. The molecule has 0 atom stereocenters. The molecule has 2 aromatic rings. The predicted molar refractivity (Wildman–Crippen MR) is 92.2 cm³/mol. The molecular weight excluding hydrogens is 280 g/mol. The number of benzene rings is 1. The van der Waals surface area contributed by atoms with Crippen LogP contribution in [0.4, 0.5) is 0 Å². The number of nitrogens with zero attached hydrogens (tertiary/aromatic N) is 2. The Morgan fingerprint density at radius 3 is 2.38 bits per heavy atom. The van der Waals surface area contributed by atoms with Gasteiger partial charge in [-0.2, -0.15) is 17.7 Å². The van der Waals surface area contributed by atoms with Gasteiger partial charge in [-0.15, -0.1) is 0 Å². The Kier molecular flexibility index (Phi) is 6.80. The van der Waals surface area contributed by atoms with Gasteiger partial charge in [-0.3, -0.25) is 4.79 Å². The van der Waals surface area contributed by atoms with Crippen LogP contribution in [0.5, 0.6) is 0 Å². The molecule has 114 valence electrons. The van der Waals surface area contributed by atoms with Crippen LogP contribution in [-0.4, -0.2) is 15.5 Å². The van der Waals surface area contributed by atoms with Gasteiger partial charge in [-0.1, -0.05) is 50.3 Å². The summed E-state index contributed by atoms with van der Waals surface area (Å²) in [6.45, 7) is 0.723. The van der Waals surface area contributed by atoms with Gasteiger partial charge in [0.25, 0.3) is 5.56 Å². The van der Waals surface area contributed by atoms with E-state index in [1.165, 1.54) is 38.5 Å². The van der Waals surface area contributed by atoms with Crippen LogP contribution in [0.1, 0.15) is 44.9 Å². The number of hydrogen-bond acceptors (Lipinski definition) is 3. The summed E-state index contributed by atoms with van der Waals surface area (Å²) < 4.78 is 1.60. The Bertz CT molecular complexity index is 609. The second-order valence-electron chi connectivity index (χ2n) is 5.46. The second kappa shape index (κ2) is 8.88. The van der Waals surface area contributed by atoms with Gasteiger partial charge < -0.3 is 0 Å². The highest BCUT2D eigenvalue weighted by Gasteiger charge is 2.02. The molecule has 3 nitrogen and oxygen atoms in total. The number of aromatic nitrogens is 2. The lowest BCUT2D eigenvalue weighted by molar-refractivity contribution is 0.509. The summed E-state index contributed by atoms with van der Waals surface area (Å²) in [5.41, 5.74) is 0.0295. The molecule has 0 saturated carbocycles. The highest BCUT2D eigenvalue weighted by molar-refractivity contribution is 7.80. The topological polar surface area (TPSA) is 34.9 Å². The minimum atomic E-state index is 0.0295. The van der Waals surface area contributed by atoms with Crippen molar-refractivity contribution < 1.29 is 0 Å². The number of thiol groups is 1. The average Bonchev–Trinajstić information content (AvgIpc) is 2.52. The fourth-order valence-corrected chi connectivity index (χ4v) is 2.77. The van der Waals surface area contributed by atoms with E-state index in [2.05, 4.69) is 17.7 Å². The van der Waals surface area contributed by atoms with E-state index in [4.69, 9.17) is 0 Å². The Hall–Kier alpha value is -1.29. The van der Waals surface area contributed by atoms with Crippen molar-refractivity contribution in [2.75, 3.05) is 5.75 Å². The Morgan fingerprint density at radius 1 is 0.952 bits per heavy atom. The molecule has 0 spiro atoms. The first-order chi connectivity index (χ1) is 10.3. The maximum absolute atomic E-state index is 12.3. The molecule has 0 unspecified atom stereocenters. The Labute approximate surface area is 131 Å². The molecule has 0 amide bonds. The normalized spacial score (nSPS) is 11.1. The molecule has 0 N–H and O–H groups in total. The highest BCUT2D eigenvalue weighted by Crippen LogP contribution is 2.09. The molecule has 0 fully saturated rings. The predicted octanol–water partition coefficient (Wildman–Crippen LogP) is 4.06. The van der Waals surface area contributed by atoms with Crippen LogP contribution in [0.25, 0.3) is 10.8 Å². The number of fused-ring (bicyclic) bond motifs is 1. The summed E-state index contributed by atoms with van der Waals surface area (Å²) in [4.78, 5) is 12.3. The SMILES string of the molecule is O=c1c2ccccc2cnn1CCCCCCCCCS. The third-order valence-corrected chi connectivity index (χ3v) is 4.11. The lowest BCUT2D eigenvalue weighted by Gasteiger charge is -2.06. The monoisotopic (exact) mass is 304 g/mol. The van der Waals surface area contributed by atoms with Crippen LogP contribution < -0.4 is 5.56 Å². The van der Waals surface area contributed by atoms with E-state index < -0.39 is 0 Å². The van der Waals surface area contributed by atoms with Gasteiger partial charge in [0.2, 0.25) is 0 Å². The van der Waals surface area contributed by atoms with Gasteiger partial charge in [0.05, 0.1) is 11.6 Å². The van der Waals surface area contributed by atoms with Crippen LogP contribution in [0.3, 0.4) is 0 Å². The van der Waals surface area contributed by atoms with Crippen molar-refractivity contribution in [2.24, 2.45) is 0 Å². The molecule has 0 saturated heterocycles. The van der Waals surface area contributed by atoms with Crippen molar-refractivity contribution in [3.63, 3.8) is 0 Å². The zero-order valence-corrected chi connectivity index (χ0v) is 13.4. The van der Waals surface area contributed by atoms with Gasteiger partial charge in [0.1, 0.15) is 0 Å². The summed E-state index contributed by atoms with van der Waals surface area (Å²) in [6.07, 6.45) is 10.3. The van der Waals surface area contributed by atoms with E-state index in [0.29, 0.717) is 0 Å². The lowest BCUT2D eigenvalue weighted by Crippen LogP contribution is -2.22. The molecule has 4 heteroatoms. The number of unbranched alkanes of at least 4 members (excludes halogenated alkanes) is 6. The first-order valence-corrected chi connectivity index (χ1v) is 8.52. The molecule has 21 heavy (non-hydrogen) atoms. The minimum absolute atomic E-state index is 0.0295. The summed E-state index contributed by atoms with van der Waals surface area (Å²) in [6, 6.07) is 7.64. The molecule has 1 aromatic heterocycles. The first kappa shape index (κ1) is 16.1. The summed E-state index contributed by atoms with van der Waals surface area (Å²) in [7, 11) is 0. The van der Waals surface area contributed by atoms with Crippen LogP contribution in [0, 0.1) is 0 Å². The molecule has 0 aliphatic heterocycles. The van der Waals surface area contributed by atoms with Crippen molar-refractivity contribution in [3.05, 3.63) is 40.8 Å². The fourth-order valence-electron chi connectivity index (χ4n) is 2.54. The zero-order valence-electron chi connectivity index (χ0n) is 12.5. The molecule has 2 rings (SSSR count). The number of hydrogen-bond donors (Lipinski definition) is 1. The van der Waals surface area contributed by atoms with Gasteiger partial charge in [-0.05, 0) is 24.7 Å². The molecular formula is C17H24N2OS. The van der Waals surface area contributed by atoms with Gasteiger partial charge in [0, 0.05) is 11.9 Å². The van der Waals surface area contributed by atoms with E-state index in [1.807, 2.05) is 24.3 Å². The van der Waals surface area contributed by atoms with Crippen LogP contribution in [0.2, 0.25) is 0 Å². The van der Waals surface area contributed by atoms with Crippen molar-refractivity contribution in [1.82, 2.24) is 9.78 Å². The van der Waals surface area contributed by atoms with E-state index in [0.717, 1.165) is 29.5 Å². The first-order valence-electron chi connectivity index (χ1n) is 7.88. The zero-order chi connectivity index (χ0) is 14.9. The molecule has 0 aliphatic rings. The van der Waals surface area contributed by atoms with Crippen molar-refractivity contribution in [3.8, 4) is 0 Å². The molecule has 0 aliphatic carbocycles. The second-order valence-corrected chi connectivity index (χ2v) is 5.91. The maximum atomic E-state index is 12.3. The van der Waals surface area contributed by atoms with E-state index in [9.17, 15) is 4.79 Å². The maximum Gasteiger partial charge on any atom is 0.274 e. The van der Waals surface area contributed by atoms with Gasteiger partial charge >= 0.3 is 0 Å². The van der Waals surface area contributed by atoms with Crippen LogP contribution >= 0.6 is 12.6 Å². The van der Waals surface area contributed by atoms with Crippen molar-refractivity contribution in [2.45, 2.75) is 51.5 Å². The molecule has 0 bridgehead atoms. The number of aryl methyl sites for hydroxylation is 1. The lowest BCUT2D eigenvalue weighted by atomic mass is 10.1. The largest absolute Gasteiger partial charge is 0.274 e. The quantitative estimate of drug-likeness (QED) is 0.560. The Balaban J connectivity index is 1.76. The van der Waals surface area contributed by atoms with E-state index in [-0.39, 0.29) is 5.56 Å². The summed E-state index contributed by atoms with van der Waals surface area (Å²) in [5.74, 6) is 0.997. The van der Waals surface area contributed by atoms with Gasteiger partial charge in [0.15, 0.2) is 0 Å². The van der Waals surface area contributed by atoms with Crippen molar-refractivity contribution in [1.29, 1.82) is 0 Å². The fraction of sp³-hybridized carbons (Fsp3) is 0.529. The van der Waals surface area contributed by atoms with E-state index in [1.54, 1.807) is 10.9 Å². The third kappa shape index (κ3) is 4.88. The third-order valence-electron chi connectivity index (χ3n) is 3.79. The molecule has 0 radical (unpaired) electrons. The summed E-state index contributed by atoms with van der Waals surface area (Å²) in [5, 5.41) is 5.94.